The third-order valence-corrected chi connectivity index (χ3v) is 5.13. The van der Waals surface area contributed by atoms with Crippen molar-refractivity contribution in [1.29, 1.82) is 0 Å². The number of benzene rings is 2. The van der Waals surface area contributed by atoms with Crippen LogP contribution < -0.4 is 10.1 Å². The quantitative estimate of drug-likeness (QED) is 0.466. The molecule has 0 unspecified atom stereocenters. The van der Waals surface area contributed by atoms with Crippen molar-refractivity contribution in [3.63, 3.8) is 0 Å². The average molecular weight is 449 g/mol. The van der Waals surface area contributed by atoms with Gasteiger partial charge in [-0.1, -0.05) is 37.1 Å². The summed E-state index contributed by atoms with van der Waals surface area (Å²) in [6, 6.07) is 12.3. The van der Waals surface area contributed by atoms with Crippen LogP contribution in [0.15, 0.2) is 48.5 Å². The van der Waals surface area contributed by atoms with Crippen molar-refractivity contribution in [1.82, 2.24) is 10.2 Å². The highest BCUT2D eigenvalue weighted by molar-refractivity contribution is 6.30. The van der Waals surface area contributed by atoms with Gasteiger partial charge in [0.25, 0.3) is 0 Å². The van der Waals surface area contributed by atoms with Gasteiger partial charge in [0.05, 0.1) is 6.61 Å². The van der Waals surface area contributed by atoms with Gasteiger partial charge in [-0.15, -0.1) is 0 Å². The molecule has 0 aliphatic carbocycles. The molecular formula is C24H30ClFN2O3. The highest BCUT2D eigenvalue weighted by Crippen LogP contribution is 2.16. The number of hydrogen-bond acceptors (Lipinski definition) is 3. The van der Waals surface area contributed by atoms with E-state index in [1.54, 1.807) is 43.3 Å². The molecule has 0 heterocycles. The first kappa shape index (κ1) is 24.7. The molecule has 1 N–H and O–H groups in total. The molecule has 7 heteroatoms. The number of amides is 2. The molecule has 0 fully saturated rings. The van der Waals surface area contributed by atoms with E-state index in [0.717, 1.165) is 18.4 Å². The monoisotopic (exact) mass is 448 g/mol. The zero-order valence-electron chi connectivity index (χ0n) is 18.1. The molecule has 2 rings (SSSR count). The van der Waals surface area contributed by atoms with Crippen LogP contribution in [-0.4, -0.2) is 35.9 Å². The fourth-order valence-corrected chi connectivity index (χ4v) is 3.12. The van der Waals surface area contributed by atoms with Gasteiger partial charge in [-0.3, -0.25) is 9.59 Å². The smallest absolute Gasteiger partial charge is 0.242 e. The number of carbonyl (C=O) groups is 2. The Morgan fingerprint density at radius 1 is 1.10 bits per heavy atom. The summed E-state index contributed by atoms with van der Waals surface area (Å²) in [5, 5.41) is 3.51. The standard InChI is InChI=1S/C24H30ClFN2O3/c1-3-4-15-27-24(30)18(2)28(17-19-7-11-21(26)12-8-19)23(29)6-5-16-31-22-13-9-20(25)10-14-22/h7-14,18H,3-6,15-17H2,1-2H3,(H,27,30)/t18-/m0/s1. The van der Waals surface area contributed by atoms with Crippen LogP contribution in [0.2, 0.25) is 5.02 Å². The Kier molecular flexibility index (Phi) is 10.3. The Hall–Kier alpha value is -2.60. The minimum Gasteiger partial charge on any atom is -0.494 e. The fraction of sp³-hybridized carbons (Fsp3) is 0.417. The van der Waals surface area contributed by atoms with Crippen molar-refractivity contribution < 1.29 is 18.7 Å². The molecule has 0 aliphatic rings. The lowest BCUT2D eigenvalue weighted by Gasteiger charge is -2.29. The molecule has 0 saturated heterocycles. The van der Waals surface area contributed by atoms with Crippen LogP contribution in [0.25, 0.3) is 0 Å². The Morgan fingerprint density at radius 2 is 1.77 bits per heavy atom. The third-order valence-electron chi connectivity index (χ3n) is 4.88. The molecule has 0 radical (unpaired) electrons. The maximum absolute atomic E-state index is 13.2. The molecule has 5 nitrogen and oxygen atoms in total. The molecule has 0 aliphatic heterocycles. The molecule has 2 amide bonds. The topological polar surface area (TPSA) is 58.6 Å². The highest BCUT2D eigenvalue weighted by atomic mass is 35.5. The van der Waals surface area contributed by atoms with Crippen LogP contribution in [0.1, 0.15) is 45.1 Å². The van der Waals surface area contributed by atoms with Crippen LogP contribution in [0.4, 0.5) is 4.39 Å². The highest BCUT2D eigenvalue weighted by Gasteiger charge is 2.25. The first-order chi connectivity index (χ1) is 14.9. The van der Waals surface area contributed by atoms with Crippen LogP contribution in [0.3, 0.4) is 0 Å². The van der Waals surface area contributed by atoms with Gasteiger partial charge in [-0.25, -0.2) is 4.39 Å². The lowest BCUT2D eigenvalue weighted by Crippen LogP contribution is -2.47. The van der Waals surface area contributed by atoms with Gasteiger partial charge in [0.15, 0.2) is 0 Å². The summed E-state index contributed by atoms with van der Waals surface area (Å²) in [5.74, 6) is -0.00137. The van der Waals surface area contributed by atoms with Gasteiger partial charge >= 0.3 is 0 Å². The van der Waals surface area contributed by atoms with Gasteiger partial charge in [0.2, 0.25) is 11.8 Å². The van der Waals surface area contributed by atoms with Crippen LogP contribution >= 0.6 is 11.6 Å². The maximum atomic E-state index is 13.2. The van der Waals surface area contributed by atoms with Gasteiger partial charge in [-0.05, 0) is 61.7 Å². The van der Waals surface area contributed by atoms with Crippen molar-refractivity contribution in [3.05, 3.63) is 64.9 Å². The van der Waals surface area contributed by atoms with E-state index in [-0.39, 0.29) is 30.6 Å². The summed E-state index contributed by atoms with van der Waals surface area (Å²) in [6.45, 7) is 4.94. The van der Waals surface area contributed by atoms with E-state index in [1.165, 1.54) is 17.0 Å². The zero-order chi connectivity index (χ0) is 22.6. The molecule has 2 aromatic carbocycles. The SMILES string of the molecule is CCCCNC(=O)[C@H](C)N(Cc1ccc(F)cc1)C(=O)CCCOc1ccc(Cl)cc1. The Morgan fingerprint density at radius 3 is 2.42 bits per heavy atom. The Labute approximate surface area is 188 Å². The lowest BCUT2D eigenvalue weighted by atomic mass is 10.1. The zero-order valence-corrected chi connectivity index (χ0v) is 18.8. The summed E-state index contributed by atoms with van der Waals surface area (Å²) < 4.78 is 18.9. The van der Waals surface area contributed by atoms with Crippen LogP contribution in [-0.2, 0) is 16.1 Å². The Balaban J connectivity index is 1.96. The fourth-order valence-electron chi connectivity index (χ4n) is 2.99. The number of rotatable bonds is 12. The molecular weight excluding hydrogens is 419 g/mol. The summed E-state index contributed by atoms with van der Waals surface area (Å²) in [6.07, 6.45) is 2.60. The average Bonchev–Trinajstić information content (AvgIpc) is 2.77. The van der Waals surface area contributed by atoms with Crippen LogP contribution in [0.5, 0.6) is 5.75 Å². The number of nitrogens with one attached hydrogen (secondary N) is 1. The predicted octanol–water partition coefficient (Wildman–Crippen LogP) is 4.97. The number of ether oxygens (including phenoxy) is 1. The van der Waals surface area contributed by atoms with Crippen LogP contribution in [0, 0.1) is 5.82 Å². The number of nitrogens with zero attached hydrogens (tertiary/aromatic N) is 1. The largest absolute Gasteiger partial charge is 0.494 e. The van der Waals surface area contributed by atoms with E-state index in [9.17, 15) is 14.0 Å². The molecule has 0 aromatic heterocycles. The number of hydrogen-bond donors (Lipinski definition) is 1. The third kappa shape index (κ3) is 8.58. The minimum absolute atomic E-state index is 0.151. The molecule has 168 valence electrons. The van der Waals surface area contributed by atoms with E-state index in [4.69, 9.17) is 16.3 Å². The maximum Gasteiger partial charge on any atom is 0.242 e. The van der Waals surface area contributed by atoms with Gasteiger partial charge in [-0.2, -0.15) is 0 Å². The number of carbonyl (C=O) groups excluding carboxylic acids is 2. The van der Waals surface area contributed by atoms with Crippen molar-refractivity contribution >= 4 is 23.4 Å². The normalized spacial score (nSPS) is 11.6. The summed E-state index contributed by atoms with van der Waals surface area (Å²) in [7, 11) is 0. The van der Waals surface area contributed by atoms with Gasteiger partial charge in [0, 0.05) is 24.5 Å². The molecule has 1 atom stereocenters. The lowest BCUT2D eigenvalue weighted by molar-refractivity contribution is -0.140. The second-order valence-corrected chi connectivity index (χ2v) is 7.81. The first-order valence-electron chi connectivity index (χ1n) is 10.6. The van der Waals surface area contributed by atoms with Crippen molar-refractivity contribution in [3.8, 4) is 5.75 Å². The number of unbranched alkanes of at least 4 members (excludes halogenated alkanes) is 1. The van der Waals surface area contributed by atoms with Gasteiger partial charge in [0.1, 0.15) is 17.6 Å². The van der Waals surface area contributed by atoms with Crippen molar-refractivity contribution in [2.24, 2.45) is 0 Å². The Bertz CT molecular complexity index is 828. The van der Waals surface area contributed by atoms with Crippen molar-refractivity contribution in [2.75, 3.05) is 13.2 Å². The summed E-state index contributed by atoms with van der Waals surface area (Å²) in [5.41, 5.74) is 0.764. The summed E-state index contributed by atoms with van der Waals surface area (Å²) >= 11 is 5.86. The molecule has 0 saturated carbocycles. The molecule has 0 bridgehead atoms. The molecule has 31 heavy (non-hydrogen) atoms. The van der Waals surface area contributed by atoms with E-state index in [1.807, 2.05) is 6.92 Å². The molecule has 2 aromatic rings. The van der Waals surface area contributed by atoms with E-state index < -0.39 is 6.04 Å². The second-order valence-electron chi connectivity index (χ2n) is 7.37. The van der Waals surface area contributed by atoms with Crippen molar-refractivity contribution in [2.45, 2.75) is 52.1 Å². The van der Waals surface area contributed by atoms with E-state index >= 15 is 0 Å². The first-order valence-corrected chi connectivity index (χ1v) is 11.0. The minimum atomic E-state index is -0.633. The summed E-state index contributed by atoms with van der Waals surface area (Å²) in [4.78, 5) is 27.0. The molecule has 0 spiro atoms. The van der Waals surface area contributed by atoms with E-state index in [2.05, 4.69) is 5.32 Å². The number of halogens is 2. The van der Waals surface area contributed by atoms with Gasteiger partial charge < -0.3 is 15.0 Å². The second kappa shape index (κ2) is 13.0. The predicted molar refractivity (Wildman–Crippen MR) is 121 cm³/mol. The van der Waals surface area contributed by atoms with E-state index in [0.29, 0.717) is 30.3 Å².